The van der Waals surface area contributed by atoms with Crippen molar-refractivity contribution in [2.24, 2.45) is 0 Å². The Morgan fingerprint density at radius 3 is 2.41 bits per heavy atom. The Labute approximate surface area is 133 Å². The van der Waals surface area contributed by atoms with Crippen molar-refractivity contribution in [3.05, 3.63) is 76.3 Å². The van der Waals surface area contributed by atoms with Gasteiger partial charge in [-0.25, -0.2) is 4.98 Å². The smallest absolute Gasteiger partial charge is 0.205 e. The van der Waals surface area contributed by atoms with Crippen LogP contribution in [0.3, 0.4) is 0 Å². The number of carbonyl (C=O) groups excluding carboxylic acids is 1. The second kappa shape index (κ2) is 6.12. The van der Waals surface area contributed by atoms with Gasteiger partial charge in [-0.05, 0) is 31.5 Å². The van der Waals surface area contributed by atoms with E-state index in [1.807, 2.05) is 68.4 Å². The molecular formula is C18H16N2OS. The highest BCUT2D eigenvalue weighted by atomic mass is 32.1. The maximum absolute atomic E-state index is 12.7. The Balaban J connectivity index is 1.90. The van der Waals surface area contributed by atoms with Gasteiger partial charge >= 0.3 is 0 Å². The Morgan fingerprint density at radius 1 is 1.00 bits per heavy atom. The van der Waals surface area contributed by atoms with E-state index in [-0.39, 0.29) is 5.78 Å². The number of anilines is 2. The molecule has 3 rings (SSSR count). The molecule has 1 N–H and O–H groups in total. The molecule has 2 aromatic carbocycles. The fourth-order valence-electron chi connectivity index (χ4n) is 2.26. The van der Waals surface area contributed by atoms with Crippen molar-refractivity contribution in [1.29, 1.82) is 0 Å². The molecule has 1 heterocycles. The zero-order chi connectivity index (χ0) is 15.5. The molecule has 0 unspecified atom stereocenters. The Morgan fingerprint density at radius 2 is 1.68 bits per heavy atom. The minimum atomic E-state index is 0.0363. The lowest BCUT2D eigenvalue weighted by Crippen LogP contribution is -2.02. The van der Waals surface area contributed by atoms with Crippen molar-refractivity contribution in [3.63, 3.8) is 0 Å². The number of hydrogen-bond acceptors (Lipinski definition) is 4. The lowest BCUT2D eigenvalue weighted by atomic mass is 10.0. The third kappa shape index (κ3) is 2.92. The first-order valence-electron chi connectivity index (χ1n) is 7.05. The van der Waals surface area contributed by atoms with Gasteiger partial charge in [0.05, 0.1) is 10.6 Å². The zero-order valence-electron chi connectivity index (χ0n) is 12.5. The Bertz CT molecular complexity index is 809. The summed E-state index contributed by atoms with van der Waals surface area (Å²) < 4.78 is 0. The van der Waals surface area contributed by atoms with Gasteiger partial charge < -0.3 is 5.32 Å². The zero-order valence-corrected chi connectivity index (χ0v) is 13.3. The van der Waals surface area contributed by atoms with Crippen LogP contribution >= 0.6 is 11.3 Å². The minimum Gasteiger partial charge on any atom is -0.332 e. The monoisotopic (exact) mass is 308 g/mol. The molecule has 0 bridgehead atoms. The van der Waals surface area contributed by atoms with E-state index in [4.69, 9.17) is 0 Å². The summed E-state index contributed by atoms with van der Waals surface area (Å²) in [6.45, 7) is 3.82. The summed E-state index contributed by atoms with van der Waals surface area (Å²) in [4.78, 5) is 17.9. The van der Waals surface area contributed by atoms with E-state index in [1.165, 1.54) is 11.3 Å². The molecule has 0 aliphatic rings. The van der Waals surface area contributed by atoms with Crippen LogP contribution < -0.4 is 5.32 Å². The van der Waals surface area contributed by atoms with Crippen LogP contribution in [0.5, 0.6) is 0 Å². The summed E-state index contributed by atoms with van der Waals surface area (Å²) in [7, 11) is 0. The Hall–Kier alpha value is -2.46. The third-order valence-electron chi connectivity index (χ3n) is 3.42. The van der Waals surface area contributed by atoms with Crippen LogP contribution in [0.25, 0.3) is 0 Å². The number of aryl methyl sites for hydroxylation is 2. The van der Waals surface area contributed by atoms with E-state index in [0.29, 0.717) is 4.88 Å². The molecule has 0 aliphatic carbocycles. The predicted octanol–water partition coefficient (Wildman–Crippen LogP) is 4.73. The molecule has 0 spiro atoms. The van der Waals surface area contributed by atoms with E-state index in [1.54, 1.807) is 0 Å². The fourth-order valence-corrected chi connectivity index (χ4v) is 3.20. The van der Waals surface area contributed by atoms with Gasteiger partial charge in [0.1, 0.15) is 0 Å². The van der Waals surface area contributed by atoms with Crippen LogP contribution in [-0.2, 0) is 0 Å². The van der Waals surface area contributed by atoms with E-state index in [2.05, 4.69) is 10.3 Å². The van der Waals surface area contributed by atoms with Gasteiger partial charge in [-0.15, -0.1) is 0 Å². The molecule has 0 saturated carbocycles. The summed E-state index contributed by atoms with van der Waals surface area (Å²) >= 11 is 1.39. The lowest BCUT2D eigenvalue weighted by molar-refractivity contribution is 0.104. The van der Waals surface area contributed by atoms with Gasteiger partial charge in [0, 0.05) is 11.3 Å². The maximum Gasteiger partial charge on any atom is 0.205 e. The number of aromatic nitrogens is 1. The van der Waals surface area contributed by atoms with Crippen molar-refractivity contribution >= 4 is 27.9 Å². The van der Waals surface area contributed by atoms with E-state index < -0.39 is 0 Å². The minimum absolute atomic E-state index is 0.0363. The fraction of sp³-hybridized carbons (Fsp3) is 0.111. The van der Waals surface area contributed by atoms with Crippen molar-refractivity contribution < 1.29 is 4.79 Å². The molecule has 0 amide bonds. The highest BCUT2D eigenvalue weighted by Crippen LogP contribution is 2.28. The number of benzene rings is 2. The number of nitrogens with one attached hydrogen (secondary N) is 1. The summed E-state index contributed by atoms with van der Waals surface area (Å²) in [6, 6.07) is 17.5. The first-order chi connectivity index (χ1) is 10.6. The van der Waals surface area contributed by atoms with Gasteiger partial charge in [0.25, 0.3) is 0 Å². The summed E-state index contributed by atoms with van der Waals surface area (Å²) in [6.07, 6.45) is 0. The molecule has 0 aliphatic heterocycles. The van der Waals surface area contributed by atoms with Gasteiger partial charge in [0.2, 0.25) is 5.78 Å². The number of rotatable bonds is 4. The normalized spacial score (nSPS) is 10.5. The van der Waals surface area contributed by atoms with Crippen molar-refractivity contribution in [1.82, 2.24) is 4.98 Å². The number of thiazole rings is 1. The first kappa shape index (κ1) is 14.5. The number of hydrogen-bond donors (Lipinski definition) is 1. The van der Waals surface area contributed by atoms with Crippen LogP contribution in [-0.4, -0.2) is 10.8 Å². The summed E-state index contributed by atoms with van der Waals surface area (Å²) in [5.41, 5.74) is 3.45. The summed E-state index contributed by atoms with van der Waals surface area (Å²) in [5.74, 6) is 0.0363. The van der Waals surface area contributed by atoms with Crippen LogP contribution in [0.15, 0.2) is 54.6 Å². The van der Waals surface area contributed by atoms with Crippen LogP contribution in [0.1, 0.15) is 26.5 Å². The molecular weight excluding hydrogens is 292 g/mol. The molecule has 4 heteroatoms. The largest absolute Gasteiger partial charge is 0.332 e. The number of carbonyl (C=O) groups is 1. The highest BCUT2D eigenvalue weighted by molar-refractivity contribution is 7.17. The van der Waals surface area contributed by atoms with Gasteiger partial charge in [-0.3, -0.25) is 4.79 Å². The quantitative estimate of drug-likeness (QED) is 0.708. The average molecular weight is 308 g/mol. The molecule has 3 nitrogen and oxygen atoms in total. The standard InChI is InChI=1S/C18H16N2OS/c1-12-8-6-7-11-15(12)16(21)17-13(2)19-18(22-17)20-14-9-4-3-5-10-14/h3-11H,1-2H3,(H,19,20). The average Bonchev–Trinajstić information content (AvgIpc) is 2.88. The first-order valence-corrected chi connectivity index (χ1v) is 7.86. The maximum atomic E-state index is 12.7. The molecule has 0 fully saturated rings. The van der Waals surface area contributed by atoms with E-state index >= 15 is 0 Å². The number of ketones is 1. The van der Waals surface area contributed by atoms with Gasteiger partial charge in [-0.1, -0.05) is 53.8 Å². The molecule has 0 radical (unpaired) electrons. The number of para-hydroxylation sites is 1. The number of nitrogens with zero attached hydrogens (tertiary/aromatic N) is 1. The SMILES string of the molecule is Cc1ccccc1C(=O)c1sc(Nc2ccccc2)nc1C. The summed E-state index contributed by atoms with van der Waals surface area (Å²) in [5, 5.41) is 3.98. The van der Waals surface area contributed by atoms with Crippen LogP contribution in [0.2, 0.25) is 0 Å². The van der Waals surface area contributed by atoms with Crippen LogP contribution in [0, 0.1) is 13.8 Å². The van der Waals surface area contributed by atoms with Crippen LogP contribution in [0.4, 0.5) is 10.8 Å². The second-order valence-electron chi connectivity index (χ2n) is 5.07. The van der Waals surface area contributed by atoms with Crippen molar-refractivity contribution in [2.75, 3.05) is 5.32 Å². The highest BCUT2D eigenvalue weighted by Gasteiger charge is 2.18. The molecule has 110 valence electrons. The molecule has 3 aromatic rings. The molecule has 1 aromatic heterocycles. The van der Waals surface area contributed by atoms with Gasteiger partial charge in [-0.2, -0.15) is 0 Å². The molecule has 0 atom stereocenters. The topological polar surface area (TPSA) is 42.0 Å². The van der Waals surface area contributed by atoms with E-state index in [0.717, 1.165) is 27.6 Å². The molecule has 22 heavy (non-hydrogen) atoms. The third-order valence-corrected chi connectivity index (χ3v) is 4.49. The van der Waals surface area contributed by atoms with Gasteiger partial charge in [0.15, 0.2) is 5.13 Å². The van der Waals surface area contributed by atoms with E-state index in [9.17, 15) is 4.79 Å². The Kier molecular flexibility index (Phi) is 4.02. The van der Waals surface area contributed by atoms with Crippen molar-refractivity contribution in [3.8, 4) is 0 Å². The second-order valence-corrected chi connectivity index (χ2v) is 6.07. The lowest BCUT2D eigenvalue weighted by Gasteiger charge is -2.02. The van der Waals surface area contributed by atoms with Crippen molar-refractivity contribution in [2.45, 2.75) is 13.8 Å². The molecule has 0 saturated heterocycles. The predicted molar refractivity (Wildman–Crippen MR) is 91.2 cm³/mol.